The minimum Gasteiger partial charge on any atom is -0.492 e. The maximum Gasteiger partial charge on any atom is 0.224 e. The van der Waals surface area contributed by atoms with Gasteiger partial charge in [0.05, 0.1) is 0 Å². The zero-order chi connectivity index (χ0) is 19.6. The first-order valence-electron chi connectivity index (χ1n) is 9.67. The average molecular weight is 449 g/mol. The average Bonchev–Trinajstić information content (AvgIpc) is 2.68. The van der Waals surface area contributed by atoms with E-state index in [1.807, 2.05) is 36.1 Å². The molecule has 1 unspecified atom stereocenters. The number of piperazine rings is 1. The standard InChI is InChI=1S/C20H32N4O3.2ClH/c1-16(15-21)20(26)22-8-7-18-3-5-19(6-4-18)27-14-13-23-9-11-24(12-10-23)17(2)25;;/h3-6,16H,7-15,21H2,1-2H3,(H,22,26);2*1H. The van der Waals surface area contributed by atoms with Crippen molar-refractivity contribution in [3.05, 3.63) is 29.8 Å². The summed E-state index contributed by atoms with van der Waals surface area (Å²) in [6.45, 7) is 9.30. The lowest BCUT2D eigenvalue weighted by Crippen LogP contribution is -2.48. The maximum absolute atomic E-state index is 11.7. The molecule has 1 aliphatic rings. The molecule has 1 aromatic rings. The van der Waals surface area contributed by atoms with Crippen molar-refractivity contribution in [2.45, 2.75) is 20.3 Å². The molecule has 0 spiro atoms. The smallest absolute Gasteiger partial charge is 0.224 e. The van der Waals surface area contributed by atoms with Gasteiger partial charge in [-0.05, 0) is 24.1 Å². The Kier molecular flexibility index (Phi) is 13.7. The number of nitrogens with one attached hydrogen (secondary N) is 1. The van der Waals surface area contributed by atoms with Gasteiger partial charge in [-0.25, -0.2) is 0 Å². The Labute approximate surface area is 186 Å². The number of nitrogens with two attached hydrogens (primary N) is 1. The Morgan fingerprint density at radius 1 is 1.14 bits per heavy atom. The highest BCUT2D eigenvalue weighted by atomic mass is 35.5. The van der Waals surface area contributed by atoms with E-state index in [0.717, 1.165) is 50.5 Å². The van der Waals surface area contributed by atoms with Crippen molar-refractivity contribution in [2.24, 2.45) is 11.7 Å². The first-order valence-corrected chi connectivity index (χ1v) is 9.67. The van der Waals surface area contributed by atoms with Gasteiger partial charge in [-0.1, -0.05) is 19.1 Å². The summed E-state index contributed by atoms with van der Waals surface area (Å²) in [6, 6.07) is 7.99. The fourth-order valence-electron chi connectivity index (χ4n) is 2.94. The van der Waals surface area contributed by atoms with Crippen LogP contribution in [0.1, 0.15) is 19.4 Å². The third-order valence-electron chi connectivity index (χ3n) is 4.93. The molecule has 166 valence electrons. The number of nitrogens with zero attached hydrogens (tertiary/aromatic N) is 2. The van der Waals surface area contributed by atoms with Crippen LogP contribution in [0, 0.1) is 5.92 Å². The summed E-state index contributed by atoms with van der Waals surface area (Å²) in [5.74, 6) is 0.856. The van der Waals surface area contributed by atoms with Crippen LogP contribution in [0.4, 0.5) is 0 Å². The zero-order valence-electron chi connectivity index (χ0n) is 17.3. The first-order chi connectivity index (χ1) is 13.0. The fraction of sp³-hybridized carbons (Fsp3) is 0.600. The Morgan fingerprint density at radius 2 is 1.76 bits per heavy atom. The molecule has 1 atom stereocenters. The van der Waals surface area contributed by atoms with E-state index >= 15 is 0 Å². The minimum atomic E-state index is -0.147. The van der Waals surface area contributed by atoms with Crippen LogP contribution < -0.4 is 15.8 Å². The molecule has 2 amide bonds. The molecule has 1 saturated heterocycles. The topological polar surface area (TPSA) is 87.9 Å². The van der Waals surface area contributed by atoms with Crippen LogP contribution in [0.3, 0.4) is 0 Å². The van der Waals surface area contributed by atoms with E-state index in [1.54, 1.807) is 6.92 Å². The molecule has 0 radical (unpaired) electrons. The summed E-state index contributed by atoms with van der Waals surface area (Å²) in [4.78, 5) is 27.2. The molecule has 1 aliphatic heterocycles. The van der Waals surface area contributed by atoms with Gasteiger partial charge in [-0.15, -0.1) is 24.8 Å². The molecule has 0 bridgehead atoms. The van der Waals surface area contributed by atoms with Crippen LogP contribution in [-0.4, -0.2) is 74.0 Å². The van der Waals surface area contributed by atoms with Crippen LogP contribution in [0.2, 0.25) is 0 Å². The summed E-state index contributed by atoms with van der Waals surface area (Å²) in [5.41, 5.74) is 6.64. The van der Waals surface area contributed by atoms with Gasteiger partial charge in [0, 0.05) is 58.7 Å². The van der Waals surface area contributed by atoms with Gasteiger partial charge in [-0.3, -0.25) is 14.5 Å². The number of ether oxygens (including phenoxy) is 1. The van der Waals surface area contributed by atoms with Crippen molar-refractivity contribution in [1.29, 1.82) is 0 Å². The molecular weight excluding hydrogens is 415 g/mol. The van der Waals surface area contributed by atoms with Gasteiger partial charge in [0.25, 0.3) is 0 Å². The number of carbonyl (C=O) groups excluding carboxylic acids is 2. The third kappa shape index (κ3) is 9.67. The van der Waals surface area contributed by atoms with Gasteiger partial charge in [0.15, 0.2) is 0 Å². The molecule has 29 heavy (non-hydrogen) atoms. The number of benzene rings is 1. The lowest BCUT2D eigenvalue weighted by Gasteiger charge is -2.34. The van der Waals surface area contributed by atoms with E-state index in [4.69, 9.17) is 10.5 Å². The SMILES string of the molecule is CC(=O)N1CCN(CCOc2ccc(CCNC(=O)C(C)CN)cc2)CC1.Cl.Cl. The van der Waals surface area contributed by atoms with Gasteiger partial charge in [-0.2, -0.15) is 0 Å². The van der Waals surface area contributed by atoms with E-state index < -0.39 is 0 Å². The normalized spacial score (nSPS) is 14.9. The molecule has 9 heteroatoms. The summed E-state index contributed by atoms with van der Waals surface area (Å²) < 4.78 is 5.82. The lowest BCUT2D eigenvalue weighted by atomic mass is 10.1. The molecule has 3 N–H and O–H groups in total. The van der Waals surface area contributed by atoms with Gasteiger partial charge >= 0.3 is 0 Å². The highest BCUT2D eigenvalue weighted by Crippen LogP contribution is 2.13. The second-order valence-corrected chi connectivity index (χ2v) is 7.02. The van der Waals surface area contributed by atoms with Crippen LogP contribution in [-0.2, 0) is 16.0 Å². The van der Waals surface area contributed by atoms with Gasteiger partial charge < -0.3 is 20.7 Å². The molecule has 1 fully saturated rings. The second kappa shape index (κ2) is 14.4. The Bertz CT molecular complexity index is 608. The van der Waals surface area contributed by atoms with Crippen LogP contribution in [0.5, 0.6) is 5.75 Å². The molecule has 0 aliphatic carbocycles. The Hall–Kier alpha value is -1.54. The summed E-state index contributed by atoms with van der Waals surface area (Å²) in [5, 5.41) is 2.90. The predicted molar refractivity (Wildman–Crippen MR) is 120 cm³/mol. The van der Waals surface area contributed by atoms with Crippen molar-refractivity contribution in [3.8, 4) is 5.75 Å². The van der Waals surface area contributed by atoms with Crippen LogP contribution >= 0.6 is 24.8 Å². The third-order valence-corrected chi connectivity index (χ3v) is 4.93. The molecule has 0 saturated carbocycles. The van der Waals surface area contributed by atoms with Crippen molar-refractivity contribution >= 4 is 36.6 Å². The van der Waals surface area contributed by atoms with Crippen molar-refractivity contribution in [1.82, 2.24) is 15.1 Å². The summed E-state index contributed by atoms with van der Waals surface area (Å²) >= 11 is 0. The van der Waals surface area contributed by atoms with Crippen molar-refractivity contribution in [3.63, 3.8) is 0 Å². The largest absolute Gasteiger partial charge is 0.492 e. The van der Waals surface area contributed by atoms with Crippen LogP contribution in [0.25, 0.3) is 0 Å². The number of hydrogen-bond donors (Lipinski definition) is 2. The maximum atomic E-state index is 11.7. The van der Waals surface area contributed by atoms with E-state index in [0.29, 0.717) is 19.7 Å². The number of rotatable bonds is 9. The van der Waals surface area contributed by atoms with Gasteiger partial charge in [0.1, 0.15) is 12.4 Å². The van der Waals surface area contributed by atoms with E-state index in [-0.39, 0.29) is 42.5 Å². The number of carbonyl (C=O) groups is 2. The number of amides is 2. The molecule has 7 nitrogen and oxygen atoms in total. The Morgan fingerprint density at radius 3 is 2.31 bits per heavy atom. The first kappa shape index (κ1) is 27.5. The monoisotopic (exact) mass is 448 g/mol. The molecule has 1 heterocycles. The zero-order valence-corrected chi connectivity index (χ0v) is 18.9. The highest BCUT2D eigenvalue weighted by molar-refractivity contribution is 5.85. The minimum absolute atomic E-state index is 0. The van der Waals surface area contributed by atoms with E-state index in [2.05, 4.69) is 10.2 Å². The lowest BCUT2D eigenvalue weighted by molar-refractivity contribution is -0.130. The fourth-order valence-corrected chi connectivity index (χ4v) is 2.94. The van der Waals surface area contributed by atoms with Crippen molar-refractivity contribution in [2.75, 3.05) is 52.4 Å². The van der Waals surface area contributed by atoms with Crippen molar-refractivity contribution < 1.29 is 14.3 Å². The molecular formula is C20H34Cl2N4O3. The van der Waals surface area contributed by atoms with E-state index in [1.165, 1.54) is 0 Å². The van der Waals surface area contributed by atoms with E-state index in [9.17, 15) is 9.59 Å². The Balaban J connectivity index is 0.00000392. The molecule has 2 rings (SSSR count). The number of hydrogen-bond acceptors (Lipinski definition) is 5. The highest BCUT2D eigenvalue weighted by Gasteiger charge is 2.18. The summed E-state index contributed by atoms with van der Waals surface area (Å²) in [7, 11) is 0. The second-order valence-electron chi connectivity index (χ2n) is 7.02. The molecule has 1 aromatic carbocycles. The van der Waals surface area contributed by atoms with Gasteiger partial charge in [0.2, 0.25) is 11.8 Å². The number of halogens is 2. The summed E-state index contributed by atoms with van der Waals surface area (Å²) in [6.07, 6.45) is 0.781. The van der Waals surface area contributed by atoms with Crippen LogP contribution in [0.15, 0.2) is 24.3 Å². The predicted octanol–water partition coefficient (Wildman–Crippen LogP) is 1.33. The molecule has 0 aromatic heterocycles. The quantitative estimate of drug-likeness (QED) is 0.594.